The van der Waals surface area contributed by atoms with Crippen molar-refractivity contribution >= 4 is 40.7 Å². The number of carbonyl (C=O) groups excluding carboxylic acids is 1. The predicted molar refractivity (Wildman–Crippen MR) is 91.7 cm³/mol. The number of nitrogens with one attached hydrogen (secondary N) is 1. The summed E-state index contributed by atoms with van der Waals surface area (Å²) < 4.78 is 5.03. The summed E-state index contributed by atoms with van der Waals surface area (Å²) in [5.74, 6) is -0.430. The van der Waals surface area contributed by atoms with Crippen LogP contribution in [0.25, 0.3) is 0 Å². The SMILES string of the molecule is CC/C(=N/Nc1ncc(Cl)cc1Cl)c1ccc(OCC(=O)[O-])cc1. The molecule has 1 heterocycles. The zero-order valence-corrected chi connectivity index (χ0v) is 14.3. The smallest absolute Gasteiger partial charge is 0.165 e. The van der Waals surface area contributed by atoms with Crippen molar-refractivity contribution in [3.05, 3.63) is 52.1 Å². The second-order valence-corrected chi connectivity index (χ2v) is 5.54. The molecule has 6 nitrogen and oxygen atoms in total. The minimum absolute atomic E-state index is 0.368. The molecule has 0 fully saturated rings. The summed E-state index contributed by atoms with van der Waals surface area (Å²) in [6.45, 7) is 1.47. The number of hydrogen-bond donors (Lipinski definition) is 1. The number of carbonyl (C=O) groups is 1. The standard InChI is InChI=1S/C16H15Cl2N3O3/c1-2-14(20-21-16-13(18)7-11(17)8-19-16)10-3-5-12(6-4-10)24-9-15(22)23/h3-8H,2,9H2,1H3,(H,19,21)(H,22,23)/p-1/b20-14-. The average molecular weight is 367 g/mol. The number of aromatic nitrogens is 1. The van der Waals surface area contributed by atoms with Crippen molar-refractivity contribution in [1.82, 2.24) is 4.98 Å². The number of ether oxygens (including phenoxy) is 1. The molecule has 0 aliphatic heterocycles. The summed E-state index contributed by atoms with van der Waals surface area (Å²) >= 11 is 11.8. The third kappa shape index (κ3) is 5.11. The van der Waals surface area contributed by atoms with Gasteiger partial charge in [-0.05, 0) is 42.3 Å². The molecule has 0 saturated carbocycles. The van der Waals surface area contributed by atoms with E-state index >= 15 is 0 Å². The highest BCUT2D eigenvalue weighted by molar-refractivity contribution is 6.35. The van der Waals surface area contributed by atoms with Gasteiger partial charge in [0.05, 0.1) is 21.7 Å². The van der Waals surface area contributed by atoms with Gasteiger partial charge in [-0.25, -0.2) is 4.98 Å². The van der Waals surface area contributed by atoms with Crippen LogP contribution in [0.1, 0.15) is 18.9 Å². The fraction of sp³-hybridized carbons (Fsp3) is 0.188. The van der Waals surface area contributed by atoms with Gasteiger partial charge in [-0.15, -0.1) is 0 Å². The summed E-state index contributed by atoms with van der Waals surface area (Å²) in [7, 11) is 0. The van der Waals surface area contributed by atoms with Crippen LogP contribution in [0.2, 0.25) is 10.0 Å². The van der Waals surface area contributed by atoms with Gasteiger partial charge in [-0.2, -0.15) is 5.10 Å². The van der Waals surface area contributed by atoms with Crippen LogP contribution in [0.3, 0.4) is 0 Å². The lowest BCUT2D eigenvalue weighted by atomic mass is 10.1. The summed E-state index contributed by atoms with van der Waals surface area (Å²) in [4.78, 5) is 14.4. The van der Waals surface area contributed by atoms with Gasteiger partial charge in [0.2, 0.25) is 0 Å². The van der Waals surface area contributed by atoms with Crippen molar-refractivity contribution in [2.45, 2.75) is 13.3 Å². The average Bonchev–Trinajstić information content (AvgIpc) is 2.56. The summed E-state index contributed by atoms with van der Waals surface area (Å²) in [5.41, 5.74) is 4.44. The van der Waals surface area contributed by atoms with Gasteiger partial charge in [-0.3, -0.25) is 5.43 Å². The normalized spacial score (nSPS) is 11.2. The lowest BCUT2D eigenvalue weighted by molar-refractivity contribution is -0.307. The highest BCUT2D eigenvalue weighted by Crippen LogP contribution is 2.22. The molecule has 0 spiro atoms. The molecule has 0 aliphatic rings. The molecule has 0 radical (unpaired) electrons. The molecule has 0 atom stereocenters. The monoisotopic (exact) mass is 366 g/mol. The Hall–Kier alpha value is -2.31. The Labute approximate surface area is 149 Å². The molecule has 0 saturated heterocycles. The topological polar surface area (TPSA) is 86.6 Å². The maximum atomic E-state index is 10.4. The zero-order chi connectivity index (χ0) is 17.5. The van der Waals surface area contributed by atoms with Gasteiger partial charge in [-0.1, -0.05) is 30.1 Å². The van der Waals surface area contributed by atoms with Crippen molar-refractivity contribution < 1.29 is 14.6 Å². The highest BCUT2D eigenvalue weighted by Gasteiger charge is 2.05. The van der Waals surface area contributed by atoms with E-state index < -0.39 is 12.6 Å². The maximum Gasteiger partial charge on any atom is 0.165 e. The molecule has 0 unspecified atom stereocenters. The van der Waals surface area contributed by atoms with Crippen LogP contribution in [0.15, 0.2) is 41.6 Å². The zero-order valence-electron chi connectivity index (χ0n) is 12.8. The summed E-state index contributed by atoms with van der Waals surface area (Å²) in [5, 5.41) is 15.5. The van der Waals surface area contributed by atoms with E-state index in [0.717, 1.165) is 11.3 Å². The van der Waals surface area contributed by atoms with Gasteiger partial charge < -0.3 is 14.6 Å². The molecule has 126 valence electrons. The van der Waals surface area contributed by atoms with Crippen molar-refractivity contribution in [3.8, 4) is 5.75 Å². The van der Waals surface area contributed by atoms with Crippen LogP contribution in [-0.4, -0.2) is 23.3 Å². The Morgan fingerprint density at radius 2 is 2.04 bits per heavy atom. The van der Waals surface area contributed by atoms with Crippen molar-refractivity contribution in [3.63, 3.8) is 0 Å². The first-order valence-electron chi connectivity index (χ1n) is 7.06. The van der Waals surface area contributed by atoms with E-state index in [2.05, 4.69) is 15.5 Å². The quantitative estimate of drug-likeness (QED) is 0.601. The Bertz CT molecular complexity index is 749. The second kappa shape index (κ2) is 8.52. The van der Waals surface area contributed by atoms with Crippen LogP contribution >= 0.6 is 23.2 Å². The number of hydrazone groups is 1. The van der Waals surface area contributed by atoms with E-state index in [4.69, 9.17) is 27.9 Å². The van der Waals surface area contributed by atoms with Gasteiger partial charge in [0.15, 0.2) is 5.82 Å². The van der Waals surface area contributed by atoms with E-state index in [1.54, 1.807) is 30.3 Å². The maximum absolute atomic E-state index is 10.4. The molecule has 2 rings (SSSR count). The van der Waals surface area contributed by atoms with Crippen molar-refractivity contribution in [2.24, 2.45) is 5.10 Å². The van der Waals surface area contributed by atoms with Crippen molar-refractivity contribution in [1.29, 1.82) is 0 Å². The predicted octanol–water partition coefficient (Wildman–Crippen LogP) is 2.74. The summed E-state index contributed by atoms with van der Waals surface area (Å²) in [6, 6.07) is 8.47. The molecular weight excluding hydrogens is 353 g/mol. The van der Waals surface area contributed by atoms with E-state index in [9.17, 15) is 9.90 Å². The van der Waals surface area contributed by atoms with Crippen LogP contribution < -0.4 is 15.3 Å². The summed E-state index contributed by atoms with van der Waals surface area (Å²) in [6.07, 6.45) is 2.14. The number of anilines is 1. The van der Waals surface area contributed by atoms with Crippen LogP contribution in [0.5, 0.6) is 5.75 Å². The van der Waals surface area contributed by atoms with Crippen LogP contribution in [0.4, 0.5) is 5.82 Å². The Morgan fingerprint density at radius 3 is 2.62 bits per heavy atom. The number of hydrogen-bond acceptors (Lipinski definition) is 6. The second-order valence-electron chi connectivity index (χ2n) is 4.69. The largest absolute Gasteiger partial charge is 0.546 e. The molecule has 1 aromatic carbocycles. The lowest BCUT2D eigenvalue weighted by Gasteiger charge is -2.09. The number of pyridine rings is 1. The molecule has 2 aromatic rings. The molecule has 0 amide bonds. The minimum Gasteiger partial charge on any atom is -0.546 e. The number of aliphatic carboxylic acids is 1. The first kappa shape index (κ1) is 18.0. The van der Waals surface area contributed by atoms with Gasteiger partial charge in [0, 0.05) is 6.20 Å². The first-order valence-corrected chi connectivity index (χ1v) is 7.82. The van der Waals surface area contributed by atoms with E-state index in [1.165, 1.54) is 6.20 Å². The number of carboxylic acids is 1. The Balaban J connectivity index is 2.10. The molecular formula is C16H14Cl2N3O3-. The molecule has 8 heteroatoms. The minimum atomic E-state index is -1.27. The fourth-order valence-electron chi connectivity index (χ4n) is 1.85. The molecule has 1 aromatic heterocycles. The molecule has 24 heavy (non-hydrogen) atoms. The lowest BCUT2D eigenvalue weighted by Crippen LogP contribution is -2.28. The Kier molecular flexibility index (Phi) is 6.40. The number of benzene rings is 1. The molecule has 1 N–H and O–H groups in total. The van der Waals surface area contributed by atoms with Gasteiger partial charge >= 0.3 is 0 Å². The molecule has 0 bridgehead atoms. The number of halogens is 2. The van der Waals surface area contributed by atoms with Gasteiger partial charge in [0.25, 0.3) is 0 Å². The first-order chi connectivity index (χ1) is 11.5. The number of rotatable bonds is 7. The third-order valence-corrected chi connectivity index (χ3v) is 3.48. The number of nitrogens with zero attached hydrogens (tertiary/aromatic N) is 2. The third-order valence-electron chi connectivity index (χ3n) is 2.98. The van der Waals surface area contributed by atoms with E-state index in [-0.39, 0.29) is 0 Å². The van der Waals surface area contributed by atoms with E-state index in [0.29, 0.717) is 28.0 Å². The fourth-order valence-corrected chi connectivity index (χ4v) is 2.27. The van der Waals surface area contributed by atoms with Gasteiger partial charge in [0.1, 0.15) is 12.4 Å². The number of carboxylic acid groups (broad SMARTS) is 1. The van der Waals surface area contributed by atoms with Crippen LogP contribution in [0, 0.1) is 0 Å². The Morgan fingerprint density at radius 1 is 1.33 bits per heavy atom. The highest BCUT2D eigenvalue weighted by atomic mass is 35.5. The molecule has 0 aliphatic carbocycles. The van der Waals surface area contributed by atoms with E-state index in [1.807, 2.05) is 6.92 Å². The van der Waals surface area contributed by atoms with Crippen molar-refractivity contribution in [2.75, 3.05) is 12.0 Å². The van der Waals surface area contributed by atoms with Crippen LogP contribution in [-0.2, 0) is 4.79 Å².